The zero-order chi connectivity index (χ0) is 24.9. The number of aliphatic imine (C=N–C) groups is 1. The molecule has 1 fully saturated rings. The van der Waals surface area contributed by atoms with E-state index in [2.05, 4.69) is 40.2 Å². The Morgan fingerprint density at radius 3 is 2.69 bits per heavy atom. The van der Waals surface area contributed by atoms with Crippen LogP contribution in [0.5, 0.6) is 0 Å². The maximum atomic E-state index is 13.0. The van der Waals surface area contributed by atoms with Crippen LogP contribution in [0.1, 0.15) is 61.8 Å². The summed E-state index contributed by atoms with van der Waals surface area (Å²) in [6.07, 6.45) is 4.65. The highest BCUT2D eigenvalue weighted by Crippen LogP contribution is 2.46. The Labute approximate surface area is 212 Å². The molecule has 4 rings (SSSR count). The van der Waals surface area contributed by atoms with Gasteiger partial charge in [0.25, 0.3) is 0 Å². The number of piperidine rings is 1. The molecule has 1 aromatic carbocycles. The first-order valence-electron chi connectivity index (χ1n) is 12.5. The van der Waals surface area contributed by atoms with Gasteiger partial charge in [0.05, 0.1) is 30.8 Å². The van der Waals surface area contributed by atoms with Gasteiger partial charge in [0.2, 0.25) is 5.91 Å². The van der Waals surface area contributed by atoms with E-state index < -0.39 is 0 Å². The molecule has 0 radical (unpaired) electrons. The quantitative estimate of drug-likeness (QED) is 0.537. The molecular weight excluding hydrogens is 460 g/mol. The molecule has 0 bridgehead atoms. The molecule has 3 aliphatic heterocycles. The van der Waals surface area contributed by atoms with Crippen LogP contribution in [-0.4, -0.2) is 60.1 Å². The molecule has 3 aliphatic rings. The summed E-state index contributed by atoms with van der Waals surface area (Å²) >= 11 is 1.51. The predicted octanol–water partition coefficient (Wildman–Crippen LogP) is 4.43. The highest BCUT2D eigenvalue weighted by atomic mass is 32.2. The van der Waals surface area contributed by atoms with Crippen molar-refractivity contribution in [3.63, 3.8) is 0 Å². The Balaban J connectivity index is 1.57. The second kappa shape index (κ2) is 11.4. The Morgan fingerprint density at radius 2 is 1.97 bits per heavy atom. The van der Waals surface area contributed by atoms with E-state index in [1.165, 1.54) is 38.1 Å². The first-order chi connectivity index (χ1) is 16.9. The molecule has 0 aromatic heterocycles. The number of aryl methyl sites for hydroxylation is 2. The Bertz CT molecular complexity index is 1070. The van der Waals surface area contributed by atoms with Crippen LogP contribution in [0, 0.1) is 13.8 Å². The molecule has 8 heteroatoms. The number of nitrogens with zero attached hydrogens (tertiary/aromatic N) is 3. The standard InChI is InChI=1S/C27H36N4O3S/c1-5-22-24(26(33)34-4)25(21-15-18(2)9-10-19(21)3)31-20(17-35-27(31)29-22)16-23(32)28-11-14-30-12-7-6-8-13-30/h9-10,15,17,25H,5-8,11-14,16H2,1-4H3,(H,28,32)/t25-/m1/s1. The summed E-state index contributed by atoms with van der Waals surface area (Å²) in [6, 6.07) is 5.89. The number of carbonyl (C=O) groups excluding carboxylic acids is 2. The summed E-state index contributed by atoms with van der Waals surface area (Å²) in [5.41, 5.74) is 5.37. The first-order valence-corrected chi connectivity index (χ1v) is 13.4. The van der Waals surface area contributed by atoms with Gasteiger partial charge in [-0.25, -0.2) is 9.79 Å². The number of fused-ring (bicyclic) bond motifs is 1. The lowest BCUT2D eigenvalue weighted by Gasteiger charge is -2.37. The lowest BCUT2D eigenvalue weighted by molar-refractivity contribution is -0.136. The zero-order valence-electron chi connectivity index (χ0n) is 21.2. The molecule has 0 unspecified atom stereocenters. The van der Waals surface area contributed by atoms with E-state index >= 15 is 0 Å². The highest BCUT2D eigenvalue weighted by Gasteiger charge is 2.42. The number of methoxy groups -OCH3 is 1. The Morgan fingerprint density at radius 1 is 1.20 bits per heavy atom. The molecule has 0 aliphatic carbocycles. The summed E-state index contributed by atoms with van der Waals surface area (Å²) in [4.78, 5) is 35.3. The fraction of sp³-hybridized carbons (Fsp3) is 0.519. The zero-order valence-corrected chi connectivity index (χ0v) is 22.0. The number of likely N-dealkylation sites (tertiary alicyclic amines) is 1. The number of hydrogen-bond donors (Lipinski definition) is 1. The number of amidine groups is 1. The van der Waals surface area contributed by atoms with Crippen LogP contribution in [0.2, 0.25) is 0 Å². The van der Waals surface area contributed by atoms with Gasteiger partial charge in [-0.2, -0.15) is 0 Å². The van der Waals surface area contributed by atoms with Gasteiger partial charge >= 0.3 is 5.97 Å². The van der Waals surface area contributed by atoms with Crippen LogP contribution >= 0.6 is 11.8 Å². The van der Waals surface area contributed by atoms with Crippen LogP contribution in [0.4, 0.5) is 0 Å². The third-order valence-electron chi connectivity index (χ3n) is 6.90. The van der Waals surface area contributed by atoms with Crippen LogP contribution in [-0.2, 0) is 14.3 Å². The van der Waals surface area contributed by atoms with Gasteiger partial charge in [-0.05, 0) is 62.7 Å². The second-order valence-electron chi connectivity index (χ2n) is 9.39. The molecule has 188 valence electrons. The molecule has 1 aromatic rings. The summed E-state index contributed by atoms with van der Waals surface area (Å²) in [5, 5.41) is 5.89. The number of esters is 1. The largest absolute Gasteiger partial charge is 0.466 e. The summed E-state index contributed by atoms with van der Waals surface area (Å²) in [7, 11) is 1.41. The molecule has 7 nitrogen and oxygen atoms in total. The van der Waals surface area contributed by atoms with Gasteiger partial charge in [-0.3, -0.25) is 4.79 Å². The highest BCUT2D eigenvalue weighted by molar-refractivity contribution is 8.16. The summed E-state index contributed by atoms with van der Waals surface area (Å²) < 4.78 is 5.22. The van der Waals surface area contributed by atoms with Crippen molar-refractivity contribution in [2.45, 2.75) is 58.9 Å². The maximum absolute atomic E-state index is 13.0. The lowest BCUT2D eigenvalue weighted by Crippen LogP contribution is -2.40. The third kappa shape index (κ3) is 5.64. The second-order valence-corrected chi connectivity index (χ2v) is 10.2. The fourth-order valence-electron chi connectivity index (χ4n) is 5.02. The molecular formula is C27H36N4O3S. The molecule has 3 heterocycles. The van der Waals surface area contributed by atoms with Crippen molar-refractivity contribution >= 4 is 28.8 Å². The van der Waals surface area contributed by atoms with Gasteiger partial charge < -0.3 is 19.9 Å². The van der Waals surface area contributed by atoms with Crippen LogP contribution in [0.25, 0.3) is 0 Å². The Kier molecular flexibility index (Phi) is 8.34. The van der Waals surface area contributed by atoms with E-state index in [1.807, 2.05) is 19.3 Å². The van der Waals surface area contributed by atoms with Crippen molar-refractivity contribution < 1.29 is 14.3 Å². The normalized spacial score (nSPS) is 20.3. The molecule has 0 spiro atoms. The minimum Gasteiger partial charge on any atom is -0.466 e. The number of nitrogens with one attached hydrogen (secondary N) is 1. The number of allylic oxidation sites excluding steroid dienone is 1. The first kappa shape index (κ1) is 25.5. The minimum atomic E-state index is -0.382. The average molecular weight is 497 g/mol. The Hall–Kier alpha value is -2.58. The van der Waals surface area contributed by atoms with Gasteiger partial charge in [0.15, 0.2) is 5.17 Å². The smallest absolute Gasteiger partial charge is 0.338 e. The van der Waals surface area contributed by atoms with Crippen molar-refractivity contribution in [3.05, 3.63) is 57.3 Å². The molecule has 1 atom stereocenters. The number of ether oxygens (including phenoxy) is 1. The average Bonchev–Trinajstić information content (AvgIpc) is 3.26. The van der Waals surface area contributed by atoms with Gasteiger partial charge in [0.1, 0.15) is 0 Å². The number of amides is 1. The number of carbonyl (C=O) groups is 2. The maximum Gasteiger partial charge on any atom is 0.338 e. The minimum absolute atomic E-state index is 0.0142. The molecule has 1 saturated heterocycles. The van der Waals surface area contributed by atoms with E-state index in [9.17, 15) is 9.59 Å². The van der Waals surface area contributed by atoms with E-state index in [0.29, 0.717) is 18.5 Å². The van der Waals surface area contributed by atoms with Crippen molar-refractivity contribution in [3.8, 4) is 0 Å². The van der Waals surface area contributed by atoms with Crippen molar-refractivity contribution in [2.24, 2.45) is 4.99 Å². The molecule has 1 amide bonds. The van der Waals surface area contributed by atoms with Crippen molar-refractivity contribution in [1.82, 2.24) is 15.1 Å². The molecule has 0 saturated carbocycles. The van der Waals surface area contributed by atoms with Crippen LogP contribution in [0.15, 0.2) is 45.6 Å². The predicted molar refractivity (Wildman–Crippen MR) is 141 cm³/mol. The van der Waals surface area contributed by atoms with E-state index in [4.69, 9.17) is 9.73 Å². The fourth-order valence-corrected chi connectivity index (χ4v) is 5.96. The van der Waals surface area contributed by atoms with E-state index in [0.717, 1.165) is 52.9 Å². The SMILES string of the molecule is CCC1=C(C(=O)OC)[C@@H](c2cc(C)ccc2C)N2C(CC(=O)NCCN3CCCCC3)=CSC2=N1. The molecule has 35 heavy (non-hydrogen) atoms. The number of hydrogen-bond acceptors (Lipinski definition) is 7. The number of thioether (sulfide) groups is 1. The van der Waals surface area contributed by atoms with Crippen LogP contribution < -0.4 is 5.32 Å². The number of benzene rings is 1. The van der Waals surface area contributed by atoms with Gasteiger partial charge in [-0.15, -0.1) is 0 Å². The monoisotopic (exact) mass is 496 g/mol. The van der Waals surface area contributed by atoms with Gasteiger partial charge in [0, 0.05) is 18.8 Å². The lowest BCUT2D eigenvalue weighted by atomic mass is 9.89. The van der Waals surface area contributed by atoms with Gasteiger partial charge in [-0.1, -0.05) is 48.9 Å². The topological polar surface area (TPSA) is 74.2 Å². The summed E-state index contributed by atoms with van der Waals surface area (Å²) in [6.45, 7) is 9.87. The van der Waals surface area contributed by atoms with Crippen molar-refractivity contribution in [2.75, 3.05) is 33.3 Å². The third-order valence-corrected chi connectivity index (χ3v) is 7.79. The number of rotatable bonds is 8. The van der Waals surface area contributed by atoms with Crippen molar-refractivity contribution in [1.29, 1.82) is 0 Å². The molecule has 1 N–H and O–H groups in total. The summed E-state index contributed by atoms with van der Waals surface area (Å²) in [5.74, 6) is -0.391. The van der Waals surface area contributed by atoms with E-state index in [-0.39, 0.29) is 24.3 Å². The van der Waals surface area contributed by atoms with E-state index in [1.54, 1.807) is 0 Å². The van der Waals surface area contributed by atoms with Crippen LogP contribution in [0.3, 0.4) is 0 Å².